The fourth-order valence-electron chi connectivity index (χ4n) is 4.09. The first kappa shape index (κ1) is 23.4. The molecule has 1 heterocycles. The molecule has 9 heteroatoms. The van der Waals surface area contributed by atoms with E-state index in [2.05, 4.69) is 10.6 Å². The molecule has 6 nitrogen and oxygen atoms in total. The first-order chi connectivity index (χ1) is 15.8. The van der Waals surface area contributed by atoms with E-state index in [1.807, 2.05) is 29.2 Å². The Bertz CT molecular complexity index is 956. The van der Waals surface area contributed by atoms with Crippen LogP contribution in [0.5, 0.6) is 5.75 Å². The van der Waals surface area contributed by atoms with Crippen molar-refractivity contribution in [3.05, 3.63) is 53.6 Å². The number of amides is 1. The van der Waals surface area contributed by atoms with Gasteiger partial charge in [0.05, 0.1) is 43.8 Å². The molecule has 33 heavy (non-hydrogen) atoms. The van der Waals surface area contributed by atoms with Gasteiger partial charge >= 0.3 is 6.18 Å². The summed E-state index contributed by atoms with van der Waals surface area (Å²) in [6.45, 7) is 2.06. The monoisotopic (exact) mass is 463 g/mol. The Labute approximate surface area is 191 Å². The molecule has 2 aromatic rings. The van der Waals surface area contributed by atoms with E-state index in [-0.39, 0.29) is 24.2 Å². The first-order valence-electron chi connectivity index (χ1n) is 11.1. The number of methoxy groups -OCH3 is 1. The second kappa shape index (κ2) is 10.0. The van der Waals surface area contributed by atoms with E-state index in [0.717, 1.165) is 36.3 Å². The van der Waals surface area contributed by atoms with E-state index in [1.165, 1.54) is 6.07 Å². The fraction of sp³-hybridized carbons (Fsp3) is 0.458. The zero-order valence-corrected chi connectivity index (χ0v) is 18.5. The first-order valence-corrected chi connectivity index (χ1v) is 11.1. The number of anilines is 2. The third kappa shape index (κ3) is 5.97. The SMILES string of the molecule is COc1ccc(C(NCC(=O)Nc2cc(C(F)(F)F)ccc2N2CCOCC2)C2CC2)cc1. The van der Waals surface area contributed by atoms with Crippen molar-refractivity contribution in [2.24, 2.45) is 5.92 Å². The number of benzene rings is 2. The highest BCUT2D eigenvalue weighted by atomic mass is 19.4. The van der Waals surface area contributed by atoms with Crippen LogP contribution in [0.15, 0.2) is 42.5 Å². The number of nitrogens with zero attached hydrogens (tertiary/aromatic N) is 1. The molecule has 2 aliphatic rings. The number of nitrogens with one attached hydrogen (secondary N) is 2. The lowest BCUT2D eigenvalue weighted by molar-refractivity contribution is -0.137. The van der Waals surface area contributed by atoms with Crippen LogP contribution < -0.4 is 20.3 Å². The van der Waals surface area contributed by atoms with Gasteiger partial charge in [-0.1, -0.05) is 12.1 Å². The van der Waals surface area contributed by atoms with Crippen LogP contribution in [0.4, 0.5) is 24.5 Å². The Balaban J connectivity index is 1.47. The second-order valence-electron chi connectivity index (χ2n) is 8.35. The average Bonchev–Trinajstić information content (AvgIpc) is 3.65. The summed E-state index contributed by atoms with van der Waals surface area (Å²) in [5.41, 5.74) is 0.982. The number of hydrogen-bond donors (Lipinski definition) is 2. The molecule has 0 spiro atoms. The molecular weight excluding hydrogens is 435 g/mol. The van der Waals surface area contributed by atoms with Gasteiger partial charge in [-0.3, -0.25) is 4.79 Å². The Morgan fingerprint density at radius 3 is 2.45 bits per heavy atom. The summed E-state index contributed by atoms with van der Waals surface area (Å²) in [7, 11) is 1.61. The van der Waals surface area contributed by atoms with Crippen LogP contribution in [-0.2, 0) is 15.7 Å². The predicted octanol–water partition coefficient (Wildman–Crippen LogP) is 4.23. The highest BCUT2D eigenvalue weighted by Crippen LogP contribution is 2.41. The smallest absolute Gasteiger partial charge is 0.416 e. The highest BCUT2D eigenvalue weighted by molar-refractivity contribution is 5.96. The van der Waals surface area contributed by atoms with E-state index in [9.17, 15) is 18.0 Å². The molecule has 0 bridgehead atoms. The van der Waals surface area contributed by atoms with Crippen LogP contribution in [0.25, 0.3) is 0 Å². The van der Waals surface area contributed by atoms with E-state index >= 15 is 0 Å². The highest BCUT2D eigenvalue weighted by Gasteiger charge is 2.33. The molecule has 1 atom stereocenters. The number of carbonyl (C=O) groups excluding carboxylic acids is 1. The van der Waals surface area contributed by atoms with Crippen LogP contribution in [-0.4, -0.2) is 45.9 Å². The maximum atomic E-state index is 13.3. The zero-order chi connectivity index (χ0) is 23.4. The normalized spacial score (nSPS) is 17.5. The molecule has 178 valence electrons. The summed E-state index contributed by atoms with van der Waals surface area (Å²) in [6.07, 6.45) is -2.35. The van der Waals surface area contributed by atoms with Crippen molar-refractivity contribution < 1.29 is 27.4 Å². The fourth-order valence-corrected chi connectivity index (χ4v) is 4.09. The van der Waals surface area contributed by atoms with Crippen molar-refractivity contribution in [2.45, 2.75) is 25.1 Å². The van der Waals surface area contributed by atoms with Crippen LogP contribution in [0.3, 0.4) is 0 Å². The summed E-state index contributed by atoms with van der Waals surface area (Å²) in [5.74, 6) is 0.804. The number of halogens is 3. The molecule has 1 saturated heterocycles. The molecule has 1 saturated carbocycles. The predicted molar refractivity (Wildman–Crippen MR) is 120 cm³/mol. The number of hydrogen-bond acceptors (Lipinski definition) is 5. The molecular formula is C24H28F3N3O3. The Morgan fingerprint density at radius 2 is 1.85 bits per heavy atom. The van der Waals surface area contributed by atoms with E-state index in [0.29, 0.717) is 37.9 Å². The number of ether oxygens (including phenoxy) is 2. The number of alkyl halides is 3. The molecule has 2 fully saturated rings. The quantitative estimate of drug-likeness (QED) is 0.614. The van der Waals surface area contributed by atoms with Gasteiger partial charge in [0.15, 0.2) is 0 Å². The van der Waals surface area contributed by atoms with Crippen molar-refractivity contribution in [2.75, 3.05) is 50.2 Å². The molecule has 4 rings (SSSR count). The molecule has 0 aromatic heterocycles. The van der Waals surface area contributed by atoms with Crippen molar-refractivity contribution in [3.63, 3.8) is 0 Å². The largest absolute Gasteiger partial charge is 0.497 e. The lowest BCUT2D eigenvalue weighted by Crippen LogP contribution is -2.37. The number of rotatable bonds is 8. The Morgan fingerprint density at radius 1 is 1.15 bits per heavy atom. The van der Waals surface area contributed by atoms with Crippen molar-refractivity contribution in [1.29, 1.82) is 0 Å². The number of carbonyl (C=O) groups is 1. The second-order valence-corrected chi connectivity index (χ2v) is 8.35. The van der Waals surface area contributed by atoms with Crippen LogP contribution in [0, 0.1) is 5.92 Å². The van der Waals surface area contributed by atoms with Crippen molar-refractivity contribution in [3.8, 4) is 5.75 Å². The van der Waals surface area contributed by atoms with Gasteiger partial charge in [-0.25, -0.2) is 0 Å². The molecule has 1 aliphatic carbocycles. The molecule has 2 N–H and O–H groups in total. The third-order valence-corrected chi connectivity index (χ3v) is 6.00. The summed E-state index contributed by atoms with van der Waals surface area (Å²) < 4.78 is 50.5. The van der Waals surface area contributed by atoms with Crippen LogP contribution >= 0.6 is 0 Å². The summed E-state index contributed by atoms with van der Waals surface area (Å²) >= 11 is 0. The topological polar surface area (TPSA) is 62.8 Å². The molecule has 2 aromatic carbocycles. The molecule has 1 unspecified atom stereocenters. The van der Waals surface area contributed by atoms with Gasteiger partial charge in [0.1, 0.15) is 5.75 Å². The molecule has 0 radical (unpaired) electrons. The van der Waals surface area contributed by atoms with E-state index < -0.39 is 11.7 Å². The lowest BCUT2D eigenvalue weighted by atomic mass is 10.0. The lowest BCUT2D eigenvalue weighted by Gasteiger charge is -2.31. The third-order valence-electron chi connectivity index (χ3n) is 6.00. The summed E-state index contributed by atoms with van der Waals surface area (Å²) in [5, 5.41) is 5.99. The zero-order valence-electron chi connectivity index (χ0n) is 18.5. The number of morpholine rings is 1. The van der Waals surface area contributed by atoms with Crippen molar-refractivity contribution >= 4 is 17.3 Å². The standard InChI is InChI=1S/C24H28F3N3O3/c1-32-19-7-4-17(5-8-19)23(16-2-3-16)28-15-22(31)29-20-14-18(24(25,26)27)6-9-21(20)30-10-12-33-13-11-30/h4-9,14,16,23,28H,2-3,10-13,15H2,1H3,(H,29,31). The average molecular weight is 464 g/mol. The maximum absolute atomic E-state index is 13.3. The van der Waals surface area contributed by atoms with Crippen LogP contribution in [0.1, 0.15) is 30.0 Å². The van der Waals surface area contributed by atoms with Crippen molar-refractivity contribution in [1.82, 2.24) is 5.32 Å². The summed E-state index contributed by atoms with van der Waals surface area (Å²) in [6, 6.07) is 11.2. The van der Waals surface area contributed by atoms with E-state index in [1.54, 1.807) is 7.11 Å². The minimum Gasteiger partial charge on any atom is -0.497 e. The van der Waals surface area contributed by atoms with Gasteiger partial charge in [0.2, 0.25) is 5.91 Å². The molecule has 1 aliphatic heterocycles. The van der Waals surface area contributed by atoms with Crippen LogP contribution in [0.2, 0.25) is 0 Å². The van der Waals surface area contributed by atoms with E-state index in [4.69, 9.17) is 9.47 Å². The Hall–Kier alpha value is -2.78. The van der Waals surface area contributed by atoms with Gasteiger partial charge in [-0.05, 0) is 54.7 Å². The van der Waals surface area contributed by atoms with Gasteiger partial charge in [-0.2, -0.15) is 13.2 Å². The molecule has 1 amide bonds. The van der Waals surface area contributed by atoms with Gasteiger partial charge in [0, 0.05) is 19.1 Å². The minimum atomic E-state index is -4.49. The minimum absolute atomic E-state index is 0.00174. The van der Waals surface area contributed by atoms with Gasteiger partial charge < -0.3 is 25.0 Å². The Kier molecular flexibility index (Phi) is 7.09. The van der Waals surface area contributed by atoms with Gasteiger partial charge in [0.25, 0.3) is 0 Å². The summed E-state index contributed by atoms with van der Waals surface area (Å²) in [4.78, 5) is 14.7. The van der Waals surface area contributed by atoms with Gasteiger partial charge in [-0.15, -0.1) is 0 Å². The maximum Gasteiger partial charge on any atom is 0.416 e.